The summed E-state index contributed by atoms with van der Waals surface area (Å²) in [7, 11) is 1.78. The third kappa shape index (κ3) is 2.94. The van der Waals surface area contributed by atoms with Gasteiger partial charge in [-0.15, -0.1) is 0 Å². The van der Waals surface area contributed by atoms with Gasteiger partial charge in [0.15, 0.2) is 0 Å². The van der Waals surface area contributed by atoms with Crippen LogP contribution < -0.4 is 10.1 Å². The zero-order valence-corrected chi connectivity index (χ0v) is 13.0. The SMILES string of the molecule is CCCNC(c1c(C)cc(C)cc1OC)C1(C)CC1. The average Bonchev–Trinajstić information content (AvgIpc) is 3.10. The fraction of sp³-hybridized carbons (Fsp3) is 0.647. The summed E-state index contributed by atoms with van der Waals surface area (Å²) in [5.41, 5.74) is 4.39. The van der Waals surface area contributed by atoms with Gasteiger partial charge in [0, 0.05) is 11.6 Å². The molecule has 1 unspecified atom stereocenters. The summed E-state index contributed by atoms with van der Waals surface area (Å²) in [5, 5.41) is 3.74. The molecule has 1 aliphatic rings. The second kappa shape index (κ2) is 5.54. The van der Waals surface area contributed by atoms with Crippen LogP contribution in [0.1, 0.15) is 55.8 Å². The highest BCUT2D eigenvalue weighted by Gasteiger charge is 2.46. The van der Waals surface area contributed by atoms with Gasteiger partial charge in [-0.2, -0.15) is 0 Å². The fourth-order valence-corrected chi connectivity index (χ4v) is 2.95. The molecule has 2 rings (SSSR count). The van der Waals surface area contributed by atoms with Gasteiger partial charge in [0.05, 0.1) is 7.11 Å². The van der Waals surface area contributed by atoms with Crippen molar-refractivity contribution >= 4 is 0 Å². The van der Waals surface area contributed by atoms with E-state index in [1.54, 1.807) is 7.11 Å². The van der Waals surface area contributed by atoms with Crippen LogP contribution in [-0.2, 0) is 0 Å². The summed E-state index contributed by atoms with van der Waals surface area (Å²) < 4.78 is 5.65. The monoisotopic (exact) mass is 261 g/mol. The maximum absolute atomic E-state index is 5.65. The quantitative estimate of drug-likeness (QED) is 0.830. The van der Waals surface area contributed by atoms with Crippen molar-refractivity contribution in [1.29, 1.82) is 0 Å². The number of aryl methyl sites for hydroxylation is 2. The predicted molar refractivity (Wildman–Crippen MR) is 80.8 cm³/mol. The van der Waals surface area contributed by atoms with E-state index in [0.717, 1.165) is 12.3 Å². The van der Waals surface area contributed by atoms with Crippen LogP contribution in [0, 0.1) is 19.3 Å². The first-order chi connectivity index (χ1) is 9.01. The van der Waals surface area contributed by atoms with Gasteiger partial charge < -0.3 is 10.1 Å². The van der Waals surface area contributed by atoms with Crippen LogP contribution in [-0.4, -0.2) is 13.7 Å². The minimum atomic E-state index is 0.405. The highest BCUT2D eigenvalue weighted by Crippen LogP contribution is 2.56. The molecule has 2 nitrogen and oxygen atoms in total. The van der Waals surface area contributed by atoms with E-state index < -0.39 is 0 Å². The van der Waals surface area contributed by atoms with Crippen LogP contribution in [0.25, 0.3) is 0 Å². The predicted octanol–water partition coefficient (Wildman–Crippen LogP) is 4.15. The van der Waals surface area contributed by atoms with Gasteiger partial charge in [-0.05, 0) is 62.3 Å². The van der Waals surface area contributed by atoms with Crippen LogP contribution in [0.4, 0.5) is 0 Å². The lowest BCUT2D eigenvalue weighted by atomic mass is 9.87. The van der Waals surface area contributed by atoms with Crippen LogP contribution in [0.15, 0.2) is 12.1 Å². The molecular formula is C17H27NO. The topological polar surface area (TPSA) is 21.3 Å². The zero-order valence-electron chi connectivity index (χ0n) is 13.0. The van der Waals surface area contributed by atoms with Gasteiger partial charge in [-0.3, -0.25) is 0 Å². The standard InChI is InChI=1S/C17H27NO/c1-6-9-18-16(17(4)7-8-17)15-13(3)10-12(2)11-14(15)19-5/h10-11,16,18H,6-9H2,1-5H3. The largest absolute Gasteiger partial charge is 0.496 e. The molecule has 106 valence electrons. The van der Waals surface area contributed by atoms with Crippen LogP contribution >= 0.6 is 0 Å². The summed E-state index contributed by atoms with van der Waals surface area (Å²) in [6.07, 6.45) is 3.79. The van der Waals surface area contributed by atoms with Gasteiger partial charge in [-0.1, -0.05) is 19.9 Å². The maximum atomic E-state index is 5.65. The molecule has 0 saturated heterocycles. The molecule has 19 heavy (non-hydrogen) atoms. The van der Waals surface area contributed by atoms with E-state index in [0.29, 0.717) is 11.5 Å². The molecule has 2 heteroatoms. The van der Waals surface area contributed by atoms with E-state index in [-0.39, 0.29) is 0 Å². The lowest BCUT2D eigenvalue weighted by Gasteiger charge is -2.29. The van der Waals surface area contributed by atoms with Crippen molar-refractivity contribution in [3.63, 3.8) is 0 Å². The highest BCUT2D eigenvalue weighted by atomic mass is 16.5. The van der Waals surface area contributed by atoms with Crippen molar-refractivity contribution < 1.29 is 4.74 Å². The Morgan fingerprint density at radius 2 is 2.00 bits per heavy atom. The van der Waals surface area contributed by atoms with Crippen LogP contribution in [0.5, 0.6) is 5.75 Å². The van der Waals surface area contributed by atoms with Crippen LogP contribution in [0.3, 0.4) is 0 Å². The van der Waals surface area contributed by atoms with Crippen LogP contribution in [0.2, 0.25) is 0 Å². The molecule has 0 spiro atoms. The molecule has 0 radical (unpaired) electrons. The lowest BCUT2D eigenvalue weighted by Crippen LogP contribution is -2.29. The Bertz CT molecular complexity index is 449. The first-order valence-electron chi connectivity index (χ1n) is 7.40. The smallest absolute Gasteiger partial charge is 0.124 e. The molecule has 1 atom stereocenters. The average molecular weight is 261 g/mol. The number of methoxy groups -OCH3 is 1. The first-order valence-corrected chi connectivity index (χ1v) is 7.40. The Labute approximate surface area is 117 Å². The van der Waals surface area contributed by atoms with Gasteiger partial charge >= 0.3 is 0 Å². The van der Waals surface area contributed by atoms with Gasteiger partial charge in [0.1, 0.15) is 5.75 Å². The number of hydrogen-bond acceptors (Lipinski definition) is 2. The lowest BCUT2D eigenvalue weighted by molar-refractivity contribution is 0.341. The van der Waals surface area contributed by atoms with Gasteiger partial charge in [0.25, 0.3) is 0 Å². The van der Waals surface area contributed by atoms with Gasteiger partial charge in [0.2, 0.25) is 0 Å². The summed E-state index contributed by atoms with van der Waals surface area (Å²) >= 11 is 0. The van der Waals surface area contributed by atoms with Crippen molar-refractivity contribution in [2.24, 2.45) is 5.41 Å². The molecule has 0 aliphatic heterocycles. The van der Waals surface area contributed by atoms with Crippen molar-refractivity contribution in [1.82, 2.24) is 5.32 Å². The number of nitrogens with one attached hydrogen (secondary N) is 1. The molecule has 0 amide bonds. The molecule has 1 saturated carbocycles. The molecule has 1 N–H and O–H groups in total. The molecule has 0 aromatic heterocycles. The van der Waals surface area contributed by atoms with E-state index in [9.17, 15) is 0 Å². The Balaban J connectivity index is 2.40. The summed E-state index contributed by atoms with van der Waals surface area (Å²) in [6, 6.07) is 4.85. The van der Waals surface area contributed by atoms with Crippen molar-refractivity contribution in [3.8, 4) is 5.75 Å². The van der Waals surface area contributed by atoms with Crippen molar-refractivity contribution in [3.05, 3.63) is 28.8 Å². The molecular weight excluding hydrogens is 234 g/mol. The number of rotatable bonds is 6. The fourth-order valence-electron chi connectivity index (χ4n) is 2.95. The molecule has 0 bridgehead atoms. The second-order valence-corrected chi connectivity index (χ2v) is 6.24. The number of benzene rings is 1. The van der Waals surface area contributed by atoms with Crippen molar-refractivity contribution in [2.75, 3.05) is 13.7 Å². The summed E-state index contributed by atoms with van der Waals surface area (Å²) in [4.78, 5) is 0. The first kappa shape index (κ1) is 14.4. The van der Waals surface area contributed by atoms with Gasteiger partial charge in [-0.25, -0.2) is 0 Å². The van der Waals surface area contributed by atoms with E-state index in [2.05, 4.69) is 45.1 Å². The van der Waals surface area contributed by atoms with E-state index in [1.807, 2.05) is 0 Å². The third-order valence-electron chi connectivity index (χ3n) is 4.34. The third-order valence-corrected chi connectivity index (χ3v) is 4.34. The molecule has 0 heterocycles. The molecule has 1 fully saturated rings. The van der Waals surface area contributed by atoms with Crippen molar-refractivity contribution in [2.45, 2.75) is 53.0 Å². The van der Waals surface area contributed by atoms with E-state index in [1.165, 1.54) is 36.0 Å². The highest BCUT2D eigenvalue weighted by molar-refractivity contribution is 5.46. The summed E-state index contributed by atoms with van der Waals surface area (Å²) in [6.45, 7) is 10.0. The zero-order chi connectivity index (χ0) is 14.0. The Hall–Kier alpha value is -1.02. The second-order valence-electron chi connectivity index (χ2n) is 6.24. The summed E-state index contributed by atoms with van der Waals surface area (Å²) in [5.74, 6) is 1.04. The number of hydrogen-bond donors (Lipinski definition) is 1. The van der Waals surface area contributed by atoms with E-state index in [4.69, 9.17) is 4.74 Å². The number of ether oxygens (including phenoxy) is 1. The Morgan fingerprint density at radius 1 is 1.32 bits per heavy atom. The molecule has 1 aromatic rings. The molecule has 1 aromatic carbocycles. The Kier molecular flexibility index (Phi) is 4.19. The van der Waals surface area contributed by atoms with E-state index >= 15 is 0 Å². The Morgan fingerprint density at radius 3 is 2.53 bits per heavy atom. The minimum absolute atomic E-state index is 0.405. The minimum Gasteiger partial charge on any atom is -0.496 e. The molecule has 1 aliphatic carbocycles. The maximum Gasteiger partial charge on any atom is 0.124 e. The normalized spacial score (nSPS) is 18.2.